The molecule has 0 atom stereocenters. The predicted octanol–water partition coefficient (Wildman–Crippen LogP) is 2.13. The Balaban J connectivity index is 2.64. The average molecular weight is 238 g/mol. The summed E-state index contributed by atoms with van der Waals surface area (Å²) in [6.07, 6.45) is 0. The molecular formula is C11H12F2N4. The van der Waals surface area contributed by atoms with Gasteiger partial charge in [0, 0.05) is 12.6 Å². The molecule has 2 rings (SSSR count). The van der Waals surface area contributed by atoms with Crippen LogP contribution < -0.4 is 5.73 Å². The number of anilines is 1. The van der Waals surface area contributed by atoms with Crippen molar-refractivity contribution in [3.8, 4) is 11.4 Å². The van der Waals surface area contributed by atoms with Crippen LogP contribution in [-0.4, -0.2) is 14.8 Å². The lowest BCUT2D eigenvalue weighted by atomic mass is 10.1. The van der Waals surface area contributed by atoms with Crippen LogP contribution in [0.2, 0.25) is 0 Å². The molecule has 1 aromatic carbocycles. The van der Waals surface area contributed by atoms with Crippen LogP contribution in [0.3, 0.4) is 0 Å². The van der Waals surface area contributed by atoms with Crippen molar-refractivity contribution in [2.75, 3.05) is 5.73 Å². The minimum Gasteiger partial charge on any atom is -0.396 e. The number of halogens is 2. The molecule has 90 valence electrons. The maximum absolute atomic E-state index is 13.7. The van der Waals surface area contributed by atoms with Crippen LogP contribution in [0.4, 0.5) is 14.5 Å². The van der Waals surface area contributed by atoms with E-state index in [1.807, 2.05) is 6.92 Å². The predicted molar refractivity (Wildman–Crippen MR) is 60.2 cm³/mol. The first-order valence-corrected chi connectivity index (χ1v) is 5.19. The molecule has 0 spiro atoms. The minimum atomic E-state index is -0.773. The van der Waals surface area contributed by atoms with Crippen LogP contribution in [0.5, 0.6) is 0 Å². The Hall–Kier alpha value is -1.98. The highest BCUT2D eigenvalue weighted by Gasteiger charge is 2.16. The molecule has 0 unspecified atom stereocenters. The monoisotopic (exact) mass is 238 g/mol. The van der Waals surface area contributed by atoms with E-state index in [9.17, 15) is 8.78 Å². The summed E-state index contributed by atoms with van der Waals surface area (Å²) in [5, 5.41) is 7.75. The van der Waals surface area contributed by atoms with Gasteiger partial charge in [0.15, 0.2) is 5.82 Å². The Morgan fingerprint density at radius 3 is 2.59 bits per heavy atom. The van der Waals surface area contributed by atoms with Crippen LogP contribution in [0.15, 0.2) is 12.1 Å². The van der Waals surface area contributed by atoms with E-state index in [4.69, 9.17) is 5.73 Å². The Morgan fingerprint density at radius 2 is 1.94 bits per heavy atom. The van der Waals surface area contributed by atoms with Gasteiger partial charge in [-0.1, -0.05) is 0 Å². The number of rotatable bonds is 2. The zero-order valence-corrected chi connectivity index (χ0v) is 9.54. The van der Waals surface area contributed by atoms with E-state index in [-0.39, 0.29) is 11.3 Å². The summed E-state index contributed by atoms with van der Waals surface area (Å²) < 4.78 is 28.5. The number of nitrogen functional groups attached to an aromatic ring is 1. The topological polar surface area (TPSA) is 56.7 Å². The zero-order valence-electron chi connectivity index (χ0n) is 9.54. The van der Waals surface area contributed by atoms with E-state index in [2.05, 4.69) is 10.2 Å². The van der Waals surface area contributed by atoms with Gasteiger partial charge in [-0.3, -0.25) is 0 Å². The average Bonchev–Trinajstić information content (AvgIpc) is 2.64. The van der Waals surface area contributed by atoms with Crippen molar-refractivity contribution in [1.82, 2.24) is 14.8 Å². The maximum atomic E-state index is 13.7. The summed E-state index contributed by atoms with van der Waals surface area (Å²) >= 11 is 0. The molecule has 0 amide bonds. The standard InChI is InChI=1S/C11H12F2N4/c1-3-17-6(2)15-16-11(17)7-4-10(14)9(13)5-8(7)12/h4-5H,3,14H2,1-2H3. The summed E-state index contributed by atoms with van der Waals surface area (Å²) in [5.74, 6) is -0.441. The molecule has 0 saturated heterocycles. The molecule has 2 N–H and O–H groups in total. The molecule has 0 radical (unpaired) electrons. The number of hydrogen-bond acceptors (Lipinski definition) is 3. The third kappa shape index (κ3) is 1.86. The maximum Gasteiger partial charge on any atom is 0.166 e. The van der Waals surface area contributed by atoms with Gasteiger partial charge >= 0.3 is 0 Å². The van der Waals surface area contributed by atoms with E-state index in [0.717, 1.165) is 6.07 Å². The Kier molecular flexibility index (Phi) is 2.79. The van der Waals surface area contributed by atoms with E-state index in [1.165, 1.54) is 6.07 Å². The number of aryl methyl sites for hydroxylation is 1. The van der Waals surface area contributed by atoms with Gasteiger partial charge in [0.25, 0.3) is 0 Å². The first-order chi connectivity index (χ1) is 8.04. The Bertz CT molecular complexity index is 563. The van der Waals surface area contributed by atoms with Crippen molar-refractivity contribution >= 4 is 5.69 Å². The van der Waals surface area contributed by atoms with Gasteiger partial charge in [-0.25, -0.2) is 8.78 Å². The molecule has 4 nitrogen and oxygen atoms in total. The van der Waals surface area contributed by atoms with Crippen molar-refractivity contribution in [2.24, 2.45) is 0 Å². The highest BCUT2D eigenvalue weighted by molar-refractivity contribution is 5.62. The van der Waals surface area contributed by atoms with Crippen LogP contribution in [0.1, 0.15) is 12.7 Å². The van der Waals surface area contributed by atoms with Crippen LogP contribution in [0.25, 0.3) is 11.4 Å². The van der Waals surface area contributed by atoms with Gasteiger partial charge in [0.2, 0.25) is 0 Å². The van der Waals surface area contributed by atoms with E-state index < -0.39 is 11.6 Å². The molecule has 0 aliphatic heterocycles. The van der Waals surface area contributed by atoms with Gasteiger partial charge in [0.05, 0.1) is 11.3 Å². The summed E-state index contributed by atoms with van der Waals surface area (Å²) in [5.41, 5.74) is 5.48. The number of hydrogen-bond donors (Lipinski definition) is 1. The van der Waals surface area contributed by atoms with Gasteiger partial charge in [-0.2, -0.15) is 0 Å². The van der Waals surface area contributed by atoms with Gasteiger partial charge < -0.3 is 10.3 Å². The lowest BCUT2D eigenvalue weighted by Crippen LogP contribution is -2.02. The fourth-order valence-electron chi connectivity index (χ4n) is 1.70. The lowest BCUT2D eigenvalue weighted by Gasteiger charge is -2.07. The molecule has 6 heteroatoms. The first-order valence-electron chi connectivity index (χ1n) is 5.19. The largest absolute Gasteiger partial charge is 0.396 e. The fourth-order valence-corrected chi connectivity index (χ4v) is 1.70. The molecule has 0 bridgehead atoms. The highest BCUT2D eigenvalue weighted by Crippen LogP contribution is 2.25. The Labute approximate surface area is 97.1 Å². The van der Waals surface area contributed by atoms with Crippen molar-refractivity contribution in [1.29, 1.82) is 0 Å². The quantitative estimate of drug-likeness (QED) is 0.815. The van der Waals surface area contributed by atoms with Crippen LogP contribution >= 0.6 is 0 Å². The second kappa shape index (κ2) is 4.12. The Morgan fingerprint density at radius 1 is 1.24 bits per heavy atom. The highest BCUT2D eigenvalue weighted by atomic mass is 19.1. The molecule has 0 aliphatic rings. The van der Waals surface area contributed by atoms with Gasteiger partial charge in [0.1, 0.15) is 17.5 Å². The normalized spacial score (nSPS) is 10.8. The molecule has 2 aromatic rings. The molecule has 0 fully saturated rings. The third-order valence-electron chi connectivity index (χ3n) is 2.58. The number of aromatic nitrogens is 3. The van der Waals surface area contributed by atoms with Crippen molar-refractivity contribution in [3.05, 3.63) is 29.6 Å². The van der Waals surface area contributed by atoms with Crippen molar-refractivity contribution in [3.63, 3.8) is 0 Å². The van der Waals surface area contributed by atoms with E-state index in [1.54, 1.807) is 11.5 Å². The van der Waals surface area contributed by atoms with Crippen molar-refractivity contribution in [2.45, 2.75) is 20.4 Å². The third-order valence-corrected chi connectivity index (χ3v) is 2.58. The van der Waals surface area contributed by atoms with Crippen LogP contribution in [-0.2, 0) is 6.54 Å². The number of nitrogens with two attached hydrogens (primary N) is 1. The summed E-state index contributed by atoms with van der Waals surface area (Å²) in [7, 11) is 0. The van der Waals surface area contributed by atoms with E-state index in [0.29, 0.717) is 18.2 Å². The molecule has 1 heterocycles. The molecule has 1 aromatic heterocycles. The summed E-state index contributed by atoms with van der Waals surface area (Å²) in [4.78, 5) is 0. The second-order valence-electron chi connectivity index (χ2n) is 3.67. The summed E-state index contributed by atoms with van der Waals surface area (Å²) in [6.45, 7) is 4.26. The summed E-state index contributed by atoms with van der Waals surface area (Å²) in [6, 6.07) is 2.00. The van der Waals surface area contributed by atoms with Crippen LogP contribution in [0, 0.1) is 18.6 Å². The van der Waals surface area contributed by atoms with Crippen molar-refractivity contribution < 1.29 is 8.78 Å². The second-order valence-corrected chi connectivity index (χ2v) is 3.67. The molecule has 0 aliphatic carbocycles. The molecular weight excluding hydrogens is 226 g/mol. The molecule has 0 saturated carbocycles. The SMILES string of the molecule is CCn1c(C)nnc1-c1cc(N)c(F)cc1F. The minimum absolute atomic E-state index is 0.107. The number of nitrogens with zero attached hydrogens (tertiary/aromatic N) is 3. The van der Waals surface area contributed by atoms with Gasteiger partial charge in [-0.05, 0) is 19.9 Å². The van der Waals surface area contributed by atoms with Gasteiger partial charge in [-0.15, -0.1) is 10.2 Å². The fraction of sp³-hybridized carbons (Fsp3) is 0.273. The molecule has 17 heavy (non-hydrogen) atoms. The zero-order chi connectivity index (χ0) is 12.6. The first kappa shape index (κ1) is 11.5. The lowest BCUT2D eigenvalue weighted by molar-refractivity contribution is 0.586. The number of benzene rings is 1. The van der Waals surface area contributed by atoms with E-state index >= 15 is 0 Å². The smallest absolute Gasteiger partial charge is 0.166 e.